The lowest BCUT2D eigenvalue weighted by Crippen LogP contribution is -2.22. The van der Waals surface area contributed by atoms with Crippen LogP contribution in [0, 0.1) is 11.6 Å². The summed E-state index contributed by atoms with van der Waals surface area (Å²) in [6, 6.07) is 2.95. The molecule has 4 nitrogen and oxygen atoms in total. The average Bonchev–Trinajstić information content (AvgIpc) is 2.16. The molecule has 0 aliphatic carbocycles. The van der Waals surface area contributed by atoms with Crippen molar-refractivity contribution in [2.75, 3.05) is 6.61 Å². The molecule has 0 aromatic heterocycles. The Kier molecular flexibility index (Phi) is 3.22. The smallest absolute Gasteiger partial charge is 0.167 e. The minimum absolute atomic E-state index is 0.0220. The molecule has 0 fully saturated rings. The van der Waals surface area contributed by atoms with Gasteiger partial charge in [-0.2, -0.15) is 5.10 Å². The Morgan fingerprint density at radius 1 is 1.43 bits per heavy atom. The molecule has 0 atom stereocenters. The minimum atomic E-state index is -0.796. The summed E-state index contributed by atoms with van der Waals surface area (Å²) < 4.78 is 30.2. The summed E-state index contributed by atoms with van der Waals surface area (Å²) in [4.78, 5) is 0. The van der Waals surface area contributed by atoms with E-state index in [1.165, 1.54) is 0 Å². The van der Waals surface area contributed by atoms with Crippen LogP contribution in [0.1, 0.15) is 0 Å². The number of benzene rings is 1. The first kappa shape index (κ1) is 10.2. The molecular weight excluding hydrogens is 192 g/mol. The molecule has 0 spiro atoms. The SMILES string of the molecule is N/N=C(\N)COc1ccc(F)cc1F. The van der Waals surface area contributed by atoms with Crippen molar-refractivity contribution >= 4 is 5.84 Å². The minimum Gasteiger partial charge on any atom is -0.483 e. The summed E-state index contributed by atoms with van der Waals surface area (Å²) in [7, 11) is 0. The van der Waals surface area contributed by atoms with Crippen molar-refractivity contribution < 1.29 is 13.5 Å². The molecule has 76 valence electrons. The van der Waals surface area contributed by atoms with E-state index in [9.17, 15) is 8.78 Å². The van der Waals surface area contributed by atoms with E-state index in [2.05, 4.69) is 5.10 Å². The number of halogens is 2. The predicted molar refractivity (Wildman–Crippen MR) is 47.7 cm³/mol. The third-order valence-electron chi connectivity index (χ3n) is 1.44. The molecule has 0 unspecified atom stereocenters. The van der Waals surface area contributed by atoms with Crippen LogP contribution in [0.3, 0.4) is 0 Å². The maximum absolute atomic E-state index is 12.9. The van der Waals surface area contributed by atoms with Gasteiger partial charge < -0.3 is 16.3 Å². The highest BCUT2D eigenvalue weighted by Gasteiger charge is 2.04. The summed E-state index contributed by atoms with van der Waals surface area (Å²) in [5, 5.41) is 3.12. The van der Waals surface area contributed by atoms with Gasteiger partial charge in [0, 0.05) is 6.07 Å². The molecule has 0 amide bonds. The Morgan fingerprint density at radius 2 is 2.14 bits per heavy atom. The van der Waals surface area contributed by atoms with Crippen LogP contribution in [0.25, 0.3) is 0 Å². The zero-order valence-electron chi connectivity index (χ0n) is 7.21. The Labute approximate surface area is 79.2 Å². The molecule has 0 heterocycles. The number of hydrogen-bond acceptors (Lipinski definition) is 3. The zero-order valence-corrected chi connectivity index (χ0v) is 7.21. The topological polar surface area (TPSA) is 73.6 Å². The molecule has 0 saturated heterocycles. The summed E-state index contributed by atoms with van der Waals surface area (Å²) in [6.07, 6.45) is 0. The van der Waals surface area contributed by atoms with Crippen LogP contribution in [-0.4, -0.2) is 12.4 Å². The molecule has 0 aliphatic heterocycles. The fourth-order valence-electron chi connectivity index (χ4n) is 0.781. The molecule has 1 aromatic carbocycles. The lowest BCUT2D eigenvalue weighted by atomic mass is 10.3. The van der Waals surface area contributed by atoms with E-state index in [1.807, 2.05) is 0 Å². The van der Waals surface area contributed by atoms with Crippen LogP contribution in [0.15, 0.2) is 23.3 Å². The van der Waals surface area contributed by atoms with E-state index < -0.39 is 11.6 Å². The second-order valence-corrected chi connectivity index (χ2v) is 2.48. The number of amidine groups is 1. The number of nitrogens with two attached hydrogens (primary N) is 2. The van der Waals surface area contributed by atoms with Crippen molar-refractivity contribution in [2.45, 2.75) is 0 Å². The molecule has 1 aromatic rings. The van der Waals surface area contributed by atoms with E-state index >= 15 is 0 Å². The Balaban J connectivity index is 2.68. The van der Waals surface area contributed by atoms with Crippen LogP contribution < -0.4 is 16.3 Å². The van der Waals surface area contributed by atoms with Crippen molar-refractivity contribution in [3.63, 3.8) is 0 Å². The lowest BCUT2D eigenvalue weighted by Gasteiger charge is -2.05. The maximum Gasteiger partial charge on any atom is 0.167 e. The van der Waals surface area contributed by atoms with E-state index in [-0.39, 0.29) is 18.2 Å². The number of hydrazone groups is 1. The third-order valence-corrected chi connectivity index (χ3v) is 1.44. The molecule has 0 radical (unpaired) electrons. The second-order valence-electron chi connectivity index (χ2n) is 2.48. The van der Waals surface area contributed by atoms with Gasteiger partial charge in [0.15, 0.2) is 17.4 Å². The van der Waals surface area contributed by atoms with Gasteiger partial charge in [0.1, 0.15) is 12.4 Å². The average molecular weight is 201 g/mol. The fourth-order valence-corrected chi connectivity index (χ4v) is 0.781. The molecule has 0 saturated carbocycles. The molecule has 14 heavy (non-hydrogen) atoms. The fraction of sp³-hybridized carbons (Fsp3) is 0.125. The van der Waals surface area contributed by atoms with E-state index in [4.69, 9.17) is 16.3 Å². The molecule has 1 rings (SSSR count). The highest BCUT2D eigenvalue weighted by Crippen LogP contribution is 2.17. The standard InChI is InChI=1S/C8H9F2N3O/c9-5-1-2-7(6(10)3-5)14-4-8(11)13-12/h1-3H,4,12H2,(H2,11,13). The number of nitrogens with zero attached hydrogens (tertiary/aromatic N) is 1. The van der Waals surface area contributed by atoms with Crippen LogP contribution in [-0.2, 0) is 0 Å². The van der Waals surface area contributed by atoms with Gasteiger partial charge in [-0.25, -0.2) is 8.78 Å². The first-order valence-corrected chi connectivity index (χ1v) is 3.73. The largest absolute Gasteiger partial charge is 0.483 e. The Hall–Kier alpha value is -1.85. The van der Waals surface area contributed by atoms with E-state index in [0.29, 0.717) is 6.07 Å². The van der Waals surface area contributed by atoms with E-state index in [0.717, 1.165) is 12.1 Å². The van der Waals surface area contributed by atoms with Gasteiger partial charge in [0.2, 0.25) is 0 Å². The van der Waals surface area contributed by atoms with Crippen LogP contribution in [0.4, 0.5) is 8.78 Å². The quantitative estimate of drug-likeness (QED) is 0.325. The maximum atomic E-state index is 12.9. The first-order valence-electron chi connectivity index (χ1n) is 3.73. The van der Waals surface area contributed by atoms with Gasteiger partial charge in [0.05, 0.1) is 0 Å². The molecule has 0 aliphatic rings. The first-order chi connectivity index (χ1) is 6.63. The Bertz CT molecular complexity index is 354. The predicted octanol–water partition coefficient (Wildman–Crippen LogP) is 0.575. The molecule has 6 heteroatoms. The zero-order chi connectivity index (χ0) is 10.6. The van der Waals surface area contributed by atoms with Gasteiger partial charge in [-0.1, -0.05) is 0 Å². The van der Waals surface area contributed by atoms with Crippen molar-refractivity contribution in [1.29, 1.82) is 0 Å². The van der Waals surface area contributed by atoms with Gasteiger partial charge in [-0.3, -0.25) is 0 Å². The summed E-state index contributed by atoms with van der Waals surface area (Å²) >= 11 is 0. The normalized spacial score (nSPS) is 11.4. The summed E-state index contributed by atoms with van der Waals surface area (Å²) in [5.41, 5.74) is 5.20. The Morgan fingerprint density at radius 3 is 2.71 bits per heavy atom. The second kappa shape index (κ2) is 4.40. The van der Waals surface area contributed by atoms with Crippen molar-refractivity contribution in [3.8, 4) is 5.75 Å². The van der Waals surface area contributed by atoms with Crippen molar-refractivity contribution in [1.82, 2.24) is 0 Å². The number of ether oxygens (including phenoxy) is 1. The highest BCUT2D eigenvalue weighted by molar-refractivity contribution is 5.81. The molecule has 0 bridgehead atoms. The van der Waals surface area contributed by atoms with Gasteiger partial charge >= 0.3 is 0 Å². The molecule has 4 N–H and O–H groups in total. The van der Waals surface area contributed by atoms with E-state index in [1.54, 1.807) is 0 Å². The van der Waals surface area contributed by atoms with Crippen LogP contribution in [0.2, 0.25) is 0 Å². The van der Waals surface area contributed by atoms with Crippen molar-refractivity contribution in [3.05, 3.63) is 29.8 Å². The monoisotopic (exact) mass is 201 g/mol. The van der Waals surface area contributed by atoms with Gasteiger partial charge in [0.25, 0.3) is 0 Å². The third kappa shape index (κ3) is 2.58. The number of hydrogen-bond donors (Lipinski definition) is 2. The summed E-state index contributed by atoms with van der Waals surface area (Å²) in [5.74, 6) is 3.28. The number of rotatable bonds is 3. The van der Waals surface area contributed by atoms with Gasteiger partial charge in [-0.15, -0.1) is 0 Å². The lowest BCUT2D eigenvalue weighted by molar-refractivity contribution is 0.350. The summed E-state index contributed by atoms with van der Waals surface area (Å²) in [6.45, 7) is -0.140. The van der Waals surface area contributed by atoms with Gasteiger partial charge in [-0.05, 0) is 12.1 Å². The van der Waals surface area contributed by atoms with Crippen molar-refractivity contribution in [2.24, 2.45) is 16.7 Å². The van der Waals surface area contributed by atoms with Crippen LogP contribution >= 0.6 is 0 Å². The van der Waals surface area contributed by atoms with Crippen LogP contribution in [0.5, 0.6) is 5.75 Å². The molecular formula is C8H9F2N3O. The highest BCUT2D eigenvalue weighted by atomic mass is 19.1.